The van der Waals surface area contributed by atoms with Crippen LogP contribution in [-0.4, -0.2) is 38.9 Å². The monoisotopic (exact) mass is 486 g/mol. The number of carbonyl (C=O) groups is 3. The Morgan fingerprint density at radius 3 is 2.50 bits per heavy atom. The highest BCUT2D eigenvalue weighted by molar-refractivity contribution is 6.30. The zero-order valence-corrected chi connectivity index (χ0v) is 20.0. The molecule has 0 saturated carbocycles. The van der Waals surface area contributed by atoms with Crippen molar-refractivity contribution >= 4 is 35.0 Å². The molecule has 0 aliphatic carbocycles. The topological polar surface area (TPSA) is 141 Å². The summed E-state index contributed by atoms with van der Waals surface area (Å²) >= 11 is 5.92. The first-order valence-electron chi connectivity index (χ1n) is 10.8. The van der Waals surface area contributed by atoms with Gasteiger partial charge in [0.1, 0.15) is 11.3 Å². The average Bonchev–Trinajstić information content (AvgIpc) is 3.20. The maximum Gasteiger partial charge on any atom is 0.254 e. The van der Waals surface area contributed by atoms with Crippen LogP contribution in [0.2, 0.25) is 5.02 Å². The summed E-state index contributed by atoms with van der Waals surface area (Å²) in [6.07, 6.45) is 2.60. The van der Waals surface area contributed by atoms with Crippen LogP contribution < -0.4 is 21.3 Å². The molecule has 0 atom stereocenters. The Labute approximate surface area is 201 Å². The van der Waals surface area contributed by atoms with Gasteiger partial charge in [-0.2, -0.15) is 5.10 Å². The molecule has 2 heterocycles. The van der Waals surface area contributed by atoms with Gasteiger partial charge in [0.05, 0.1) is 12.8 Å². The number of rotatable bonds is 9. The number of benzene rings is 1. The number of aryl methyl sites for hydroxylation is 3. The van der Waals surface area contributed by atoms with E-state index in [1.807, 2.05) is 19.9 Å². The third-order valence-corrected chi connectivity index (χ3v) is 5.60. The lowest BCUT2D eigenvalue weighted by Gasteiger charge is -2.12. The number of halogens is 1. The molecule has 2 aromatic heterocycles. The molecule has 0 radical (unpaired) electrons. The van der Waals surface area contributed by atoms with Crippen LogP contribution in [0.4, 0.5) is 0 Å². The summed E-state index contributed by atoms with van der Waals surface area (Å²) in [6.45, 7) is 5.90. The normalized spacial score (nSPS) is 10.8. The van der Waals surface area contributed by atoms with Gasteiger partial charge in [-0.25, -0.2) is 9.50 Å². The lowest BCUT2D eigenvalue weighted by atomic mass is 10.1. The van der Waals surface area contributed by atoms with Crippen LogP contribution in [0.3, 0.4) is 0 Å². The van der Waals surface area contributed by atoms with Gasteiger partial charge in [0, 0.05) is 29.3 Å². The van der Waals surface area contributed by atoms with Crippen LogP contribution in [-0.2, 0) is 16.0 Å². The van der Waals surface area contributed by atoms with Gasteiger partial charge in [0.15, 0.2) is 5.65 Å². The van der Waals surface area contributed by atoms with Gasteiger partial charge in [-0.15, -0.1) is 0 Å². The molecule has 11 heteroatoms. The second-order valence-corrected chi connectivity index (χ2v) is 8.31. The van der Waals surface area contributed by atoms with E-state index in [0.717, 1.165) is 22.6 Å². The van der Waals surface area contributed by atoms with Gasteiger partial charge < -0.3 is 10.5 Å². The first-order chi connectivity index (χ1) is 16.2. The Bertz CT molecular complexity index is 1240. The van der Waals surface area contributed by atoms with E-state index in [0.29, 0.717) is 35.8 Å². The fourth-order valence-corrected chi connectivity index (χ4v) is 3.77. The number of hydrogen-bond donors (Lipinski definition) is 3. The number of hydrogen-bond acceptors (Lipinski definition) is 6. The first-order valence-corrected chi connectivity index (χ1v) is 11.2. The van der Waals surface area contributed by atoms with Crippen molar-refractivity contribution in [3.05, 3.63) is 57.5 Å². The van der Waals surface area contributed by atoms with Crippen molar-refractivity contribution in [1.82, 2.24) is 25.4 Å². The zero-order chi connectivity index (χ0) is 24.8. The Hall–Kier alpha value is -3.66. The zero-order valence-electron chi connectivity index (χ0n) is 19.3. The standard InChI is InChI=1S/C23H27ClN6O4/c1-13-11-16(24)6-8-19(13)34-10-4-5-20(31)28-29-21(32)9-7-17-14(2)27-23-18(22(25)33)12-26-30(23)15(17)3/h6,8,11-12H,4-5,7,9-10H2,1-3H3,(H2,25,33)(H,28,31)(H,29,32). The van der Waals surface area contributed by atoms with Crippen LogP contribution in [0.25, 0.3) is 5.65 Å². The number of nitrogens with two attached hydrogens (primary N) is 1. The van der Waals surface area contributed by atoms with Crippen LogP contribution in [0.1, 0.15) is 52.1 Å². The Kier molecular flexibility index (Phi) is 8.06. The molecule has 10 nitrogen and oxygen atoms in total. The summed E-state index contributed by atoms with van der Waals surface area (Å²) in [5, 5.41) is 4.81. The maximum absolute atomic E-state index is 12.2. The summed E-state index contributed by atoms with van der Waals surface area (Å²) in [5.41, 5.74) is 14.0. The van der Waals surface area contributed by atoms with Crippen molar-refractivity contribution in [2.75, 3.05) is 6.61 Å². The molecule has 1 aromatic carbocycles. The van der Waals surface area contributed by atoms with E-state index in [-0.39, 0.29) is 30.2 Å². The number of ether oxygens (including phenoxy) is 1. The average molecular weight is 487 g/mol. The number of amides is 3. The van der Waals surface area contributed by atoms with Gasteiger partial charge >= 0.3 is 0 Å². The van der Waals surface area contributed by atoms with Gasteiger partial charge in [-0.3, -0.25) is 25.2 Å². The Morgan fingerprint density at radius 2 is 1.82 bits per heavy atom. The minimum absolute atomic E-state index is 0.137. The summed E-state index contributed by atoms with van der Waals surface area (Å²) in [6, 6.07) is 5.35. The van der Waals surface area contributed by atoms with Crippen LogP contribution in [0.5, 0.6) is 5.75 Å². The van der Waals surface area contributed by atoms with E-state index in [1.54, 1.807) is 19.1 Å². The van der Waals surface area contributed by atoms with Crippen LogP contribution >= 0.6 is 11.6 Å². The molecule has 0 saturated heterocycles. The van der Waals surface area contributed by atoms with Gasteiger partial charge in [0.25, 0.3) is 5.91 Å². The molecule has 180 valence electrons. The molecule has 0 fully saturated rings. The number of primary amides is 1. The predicted octanol–water partition coefficient (Wildman–Crippen LogP) is 2.35. The largest absolute Gasteiger partial charge is 0.493 e. The molecule has 3 aromatic rings. The molecule has 0 aliphatic heterocycles. The molecular weight excluding hydrogens is 460 g/mol. The molecular formula is C23H27ClN6O4. The highest BCUT2D eigenvalue weighted by atomic mass is 35.5. The maximum atomic E-state index is 12.2. The number of aromatic nitrogens is 3. The first kappa shape index (κ1) is 25.0. The van der Waals surface area contributed by atoms with Crippen molar-refractivity contribution in [3.63, 3.8) is 0 Å². The molecule has 3 rings (SSSR count). The minimum Gasteiger partial charge on any atom is -0.493 e. The number of hydrazine groups is 1. The molecule has 0 bridgehead atoms. The lowest BCUT2D eigenvalue weighted by molar-refractivity contribution is -0.129. The Morgan fingerprint density at radius 1 is 1.12 bits per heavy atom. The molecule has 4 N–H and O–H groups in total. The Balaban J connectivity index is 1.43. The second kappa shape index (κ2) is 11.0. The van der Waals surface area contributed by atoms with E-state index in [9.17, 15) is 14.4 Å². The van der Waals surface area contributed by atoms with Gasteiger partial charge in [-0.05, 0) is 62.9 Å². The number of nitrogens with one attached hydrogen (secondary N) is 2. The fraction of sp³-hybridized carbons (Fsp3) is 0.348. The van der Waals surface area contributed by atoms with Gasteiger partial charge in [-0.1, -0.05) is 11.6 Å². The molecule has 3 amide bonds. The number of fused-ring (bicyclic) bond motifs is 1. The third-order valence-electron chi connectivity index (χ3n) is 5.36. The summed E-state index contributed by atoms with van der Waals surface area (Å²) in [5.74, 6) is -0.525. The van der Waals surface area contributed by atoms with E-state index >= 15 is 0 Å². The van der Waals surface area contributed by atoms with Crippen molar-refractivity contribution in [2.45, 2.75) is 46.5 Å². The van der Waals surface area contributed by atoms with Crippen molar-refractivity contribution in [2.24, 2.45) is 5.73 Å². The molecule has 0 spiro atoms. The highest BCUT2D eigenvalue weighted by Gasteiger charge is 2.17. The third kappa shape index (κ3) is 6.02. The van der Waals surface area contributed by atoms with Crippen molar-refractivity contribution < 1.29 is 19.1 Å². The second-order valence-electron chi connectivity index (χ2n) is 7.88. The van der Waals surface area contributed by atoms with E-state index in [1.165, 1.54) is 10.7 Å². The van der Waals surface area contributed by atoms with Crippen LogP contribution in [0, 0.1) is 20.8 Å². The number of carbonyl (C=O) groups excluding carboxylic acids is 3. The highest BCUT2D eigenvalue weighted by Crippen LogP contribution is 2.22. The fourth-order valence-electron chi connectivity index (χ4n) is 3.54. The summed E-state index contributed by atoms with van der Waals surface area (Å²) in [4.78, 5) is 40.2. The van der Waals surface area contributed by atoms with E-state index in [2.05, 4.69) is 20.9 Å². The van der Waals surface area contributed by atoms with Gasteiger partial charge in [0.2, 0.25) is 11.8 Å². The molecule has 0 aliphatic rings. The minimum atomic E-state index is -0.601. The van der Waals surface area contributed by atoms with Crippen molar-refractivity contribution in [1.29, 1.82) is 0 Å². The van der Waals surface area contributed by atoms with E-state index < -0.39 is 5.91 Å². The summed E-state index contributed by atoms with van der Waals surface area (Å²) < 4.78 is 7.20. The quantitative estimate of drug-likeness (QED) is 0.313. The number of nitrogens with zero attached hydrogens (tertiary/aromatic N) is 3. The SMILES string of the molecule is Cc1cc(Cl)ccc1OCCCC(=O)NNC(=O)CCc1c(C)nc2c(C(N)=O)cnn2c1C. The van der Waals surface area contributed by atoms with Crippen LogP contribution in [0.15, 0.2) is 24.4 Å². The predicted molar refractivity (Wildman–Crippen MR) is 127 cm³/mol. The molecule has 0 unspecified atom stereocenters. The lowest BCUT2D eigenvalue weighted by Crippen LogP contribution is -2.41. The molecule has 34 heavy (non-hydrogen) atoms. The summed E-state index contributed by atoms with van der Waals surface area (Å²) in [7, 11) is 0. The smallest absolute Gasteiger partial charge is 0.254 e. The van der Waals surface area contributed by atoms with Crippen molar-refractivity contribution in [3.8, 4) is 5.75 Å². The van der Waals surface area contributed by atoms with E-state index in [4.69, 9.17) is 22.1 Å².